The third kappa shape index (κ3) is 2.29. The Morgan fingerprint density at radius 3 is 2.60 bits per heavy atom. The van der Waals surface area contributed by atoms with Gasteiger partial charge in [0.05, 0.1) is 11.0 Å². The number of hydrogen-bond acceptors (Lipinski definition) is 1. The highest BCUT2D eigenvalue weighted by atomic mass is 35.5. The number of imidazole rings is 1. The summed E-state index contributed by atoms with van der Waals surface area (Å²) in [7, 11) is 0. The molecule has 1 aromatic heterocycles. The first-order valence-corrected chi connectivity index (χ1v) is 7.02. The number of halogens is 2. The quantitative estimate of drug-likeness (QED) is 0.659. The summed E-state index contributed by atoms with van der Waals surface area (Å²) in [5, 5.41) is 0. The van der Waals surface area contributed by atoms with Gasteiger partial charge in [0.15, 0.2) is 0 Å². The maximum Gasteiger partial charge on any atom is 0.123 e. The maximum absolute atomic E-state index is 13.1. The molecule has 0 amide bonds. The lowest BCUT2D eigenvalue weighted by Crippen LogP contribution is -2.02. The third-order valence-electron chi connectivity index (χ3n) is 3.28. The predicted molar refractivity (Wildman–Crippen MR) is 80.2 cm³/mol. The van der Waals surface area contributed by atoms with E-state index in [1.807, 2.05) is 23.6 Å². The molecule has 0 N–H and O–H groups in total. The Hall–Kier alpha value is -1.87. The highest BCUT2D eigenvalue weighted by molar-refractivity contribution is 6.17. The summed E-state index contributed by atoms with van der Waals surface area (Å²) >= 11 is 5.87. The Morgan fingerprint density at radius 2 is 1.90 bits per heavy atom. The highest BCUT2D eigenvalue weighted by Crippen LogP contribution is 2.23. The molecule has 20 heavy (non-hydrogen) atoms. The van der Waals surface area contributed by atoms with Crippen molar-refractivity contribution in [3.63, 3.8) is 0 Å². The molecule has 2 aromatic carbocycles. The van der Waals surface area contributed by atoms with Gasteiger partial charge < -0.3 is 0 Å². The minimum Gasteiger partial charge on any atom is -0.296 e. The largest absolute Gasteiger partial charge is 0.296 e. The Labute approximate surface area is 121 Å². The van der Waals surface area contributed by atoms with Gasteiger partial charge in [-0.3, -0.25) is 4.57 Å². The molecule has 2 nitrogen and oxygen atoms in total. The summed E-state index contributed by atoms with van der Waals surface area (Å²) in [6.45, 7) is 2.04. The first kappa shape index (κ1) is 13.1. The molecule has 0 aliphatic carbocycles. The van der Waals surface area contributed by atoms with Crippen molar-refractivity contribution in [2.24, 2.45) is 0 Å². The number of rotatable bonds is 3. The summed E-state index contributed by atoms with van der Waals surface area (Å²) in [5.41, 5.74) is 4.02. The first-order chi connectivity index (χ1) is 9.69. The molecule has 0 unspecified atom stereocenters. The van der Waals surface area contributed by atoms with E-state index in [4.69, 9.17) is 11.6 Å². The van der Waals surface area contributed by atoms with Crippen LogP contribution >= 0.6 is 11.6 Å². The van der Waals surface area contributed by atoms with Crippen molar-refractivity contribution in [3.8, 4) is 5.69 Å². The molecule has 0 spiro atoms. The summed E-state index contributed by atoms with van der Waals surface area (Å²) < 4.78 is 15.1. The van der Waals surface area contributed by atoms with Gasteiger partial charge in [-0.25, -0.2) is 9.37 Å². The van der Waals surface area contributed by atoms with Crippen molar-refractivity contribution >= 4 is 22.6 Å². The molecular weight excluding hydrogens is 275 g/mol. The summed E-state index contributed by atoms with van der Waals surface area (Å²) in [5.74, 6) is 1.16. The third-order valence-corrected chi connectivity index (χ3v) is 3.47. The number of aryl methyl sites for hydroxylation is 2. The molecule has 3 rings (SSSR count). The van der Waals surface area contributed by atoms with Gasteiger partial charge in [0.2, 0.25) is 0 Å². The molecule has 4 heteroatoms. The zero-order chi connectivity index (χ0) is 14.1. The van der Waals surface area contributed by atoms with Crippen LogP contribution in [-0.2, 0) is 6.42 Å². The topological polar surface area (TPSA) is 17.8 Å². The van der Waals surface area contributed by atoms with Crippen LogP contribution in [0, 0.1) is 12.7 Å². The lowest BCUT2D eigenvalue weighted by Gasteiger charge is -2.08. The van der Waals surface area contributed by atoms with Gasteiger partial charge in [-0.2, -0.15) is 0 Å². The van der Waals surface area contributed by atoms with Gasteiger partial charge in [0.1, 0.15) is 11.6 Å². The SMILES string of the molecule is Cc1ccc2c(c1)nc(CCCl)n2-c1ccc(F)cc1. The zero-order valence-electron chi connectivity index (χ0n) is 11.1. The summed E-state index contributed by atoms with van der Waals surface area (Å²) in [4.78, 5) is 4.65. The van der Waals surface area contributed by atoms with E-state index >= 15 is 0 Å². The van der Waals surface area contributed by atoms with Crippen LogP contribution in [-0.4, -0.2) is 15.4 Å². The van der Waals surface area contributed by atoms with Crippen LogP contribution in [0.3, 0.4) is 0 Å². The molecule has 1 heterocycles. The zero-order valence-corrected chi connectivity index (χ0v) is 11.9. The first-order valence-electron chi connectivity index (χ1n) is 6.49. The van der Waals surface area contributed by atoms with Gasteiger partial charge in [-0.05, 0) is 48.9 Å². The van der Waals surface area contributed by atoms with Crippen molar-refractivity contribution < 1.29 is 4.39 Å². The standard InChI is InChI=1S/C16H14ClFN2/c1-11-2-7-15-14(10-11)19-16(8-9-17)20(15)13-5-3-12(18)4-6-13/h2-7,10H,8-9H2,1H3. The molecule has 0 radical (unpaired) electrons. The highest BCUT2D eigenvalue weighted by Gasteiger charge is 2.12. The van der Waals surface area contributed by atoms with Gasteiger partial charge in [0, 0.05) is 18.0 Å². The van der Waals surface area contributed by atoms with Crippen LogP contribution in [0.15, 0.2) is 42.5 Å². The molecule has 0 saturated carbocycles. The van der Waals surface area contributed by atoms with E-state index in [0.29, 0.717) is 12.3 Å². The van der Waals surface area contributed by atoms with Crippen molar-refractivity contribution in [1.82, 2.24) is 9.55 Å². The number of nitrogens with zero attached hydrogens (tertiary/aromatic N) is 2. The van der Waals surface area contributed by atoms with E-state index in [9.17, 15) is 4.39 Å². The maximum atomic E-state index is 13.1. The average molecular weight is 289 g/mol. The van der Waals surface area contributed by atoms with Gasteiger partial charge >= 0.3 is 0 Å². The van der Waals surface area contributed by atoms with E-state index in [0.717, 1.165) is 22.5 Å². The Morgan fingerprint density at radius 1 is 1.15 bits per heavy atom. The Balaban J connectivity index is 2.25. The molecule has 0 saturated heterocycles. The van der Waals surface area contributed by atoms with Crippen molar-refractivity contribution in [1.29, 1.82) is 0 Å². The fourth-order valence-corrected chi connectivity index (χ4v) is 2.54. The second-order valence-corrected chi connectivity index (χ2v) is 5.15. The van der Waals surface area contributed by atoms with Gasteiger partial charge in [0.25, 0.3) is 0 Å². The average Bonchev–Trinajstić information content (AvgIpc) is 2.77. The molecule has 0 aliphatic heterocycles. The predicted octanol–water partition coefficient (Wildman–Crippen LogP) is 4.25. The Bertz CT molecular complexity index is 747. The number of benzene rings is 2. The summed E-state index contributed by atoms with van der Waals surface area (Å²) in [6.07, 6.45) is 0.673. The number of aromatic nitrogens is 2. The van der Waals surface area contributed by atoms with Crippen molar-refractivity contribution in [3.05, 3.63) is 59.7 Å². The van der Waals surface area contributed by atoms with E-state index in [2.05, 4.69) is 11.1 Å². The minimum atomic E-state index is -0.243. The fraction of sp³-hybridized carbons (Fsp3) is 0.188. The number of hydrogen-bond donors (Lipinski definition) is 0. The second-order valence-electron chi connectivity index (χ2n) is 4.77. The van der Waals surface area contributed by atoms with Crippen molar-refractivity contribution in [2.75, 3.05) is 5.88 Å². The molecule has 102 valence electrons. The van der Waals surface area contributed by atoms with E-state index in [1.165, 1.54) is 17.7 Å². The fourth-order valence-electron chi connectivity index (χ4n) is 2.37. The van der Waals surface area contributed by atoms with Gasteiger partial charge in [-0.15, -0.1) is 11.6 Å². The van der Waals surface area contributed by atoms with Crippen LogP contribution in [0.25, 0.3) is 16.7 Å². The smallest absolute Gasteiger partial charge is 0.123 e. The van der Waals surface area contributed by atoms with Crippen LogP contribution < -0.4 is 0 Å². The Kier molecular flexibility index (Phi) is 3.45. The number of fused-ring (bicyclic) bond motifs is 1. The van der Waals surface area contributed by atoms with Crippen LogP contribution in [0.2, 0.25) is 0 Å². The molecule has 0 atom stereocenters. The molecule has 3 aromatic rings. The molecule has 0 aliphatic rings. The normalized spacial score (nSPS) is 11.2. The van der Waals surface area contributed by atoms with E-state index in [-0.39, 0.29) is 5.82 Å². The second kappa shape index (κ2) is 5.25. The van der Waals surface area contributed by atoms with Crippen LogP contribution in [0.5, 0.6) is 0 Å². The lowest BCUT2D eigenvalue weighted by atomic mass is 10.2. The van der Waals surface area contributed by atoms with E-state index in [1.54, 1.807) is 12.1 Å². The monoisotopic (exact) mass is 288 g/mol. The minimum absolute atomic E-state index is 0.243. The molecule has 0 bridgehead atoms. The van der Waals surface area contributed by atoms with Crippen LogP contribution in [0.4, 0.5) is 4.39 Å². The molecule has 0 fully saturated rings. The van der Waals surface area contributed by atoms with E-state index < -0.39 is 0 Å². The van der Waals surface area contributed by atoms with Crippen molar-refractivity contribution in [2.45, 2.75) is 13.3 Å². The molecular formula is C16H14ClFN2. The number of alkyl halides is 1. The van der Waals surface area contributed by atoms with Gasteiger partial charge in [-0.1, -0.05) is 6.07 Å². The summed E-state index contributed by atoms with van der Waals surface area (Å²) in [6, 6.07) is 12.6. The van der Waals surface area contributed by atoms with Crippen LogP contribution in [0.1, 0.15) is 11.4 Å². The lowest BCUT2D eigenvalue weighted by molar-refractivity contribution is 0.627.